The molecule has 0 unspecified atom stereocenters. The topological polar surface area (TPSA) is 38.5 Å². The normalized spacial score (nSPS) is 18.1. The van der Waals surface area contributed by atoms with Crippen molar-refractivity contribution < 1.29 is 4.74 Å². The lowest BCUT2D eigenvalue weighted by molar-refractivity contribution is -0.118. The summed E-state index contributed by atoms with van der Waals surface area (Å²) in [5.41, 5.74) is 7.24. The molecule has 0 spiro atoms. The molecule has 1 heterocycles. The van der Waals surface area contributed by atoms with Crippen molar-refractivity contribution in [2.24, 2.45) is 11.1 Å². The first-order valence-electron chi connectivity index (χ1n) is 5.84. The van der Waals surface area contributed by atoms with Crippen LogP contribution in [0, 0.1) is 5.41 Å². The van der Waals surface area contributed by atoms with Gasteiger partial charge in [0.25, 0.3) is 0 Å². The third-order valence-corrected chi connectivity index (χ3v) is 3.47. The summed E-state index contributed by atoms with van der Waals surface area (Å²) in [6.45, 7) is 4.16. The summed E-state index contributed by atoms with van der Waals surface area (Å²) >= 11 is 5.86. The van der Waals surface area contributed by atoms with Crippen LogP contribution in [-0.2, 0) is 11.3 Å². The van der Waals surface area contributed by atoms with E-state index in [2.05, 4.69) is 24.1 Å². The maximum Gasteiger partial charge on any atom is 0.0569 e. The summed E-state index contributed by atoms with van der Waals surface area (Å²) in [6.07, 6.45) is 0. The number of ether oxygens (including phenoxy) is 1. The SMILES string of the molecule is CN(Cc1ccc(Cl)cc1)CC1(CN)COC1. The van der Waals surface area contributed by atoms with Gasteiger partial charge in [0.05, 0.1) is 13.2 Å². The van der Waals surface area contributed by atoms with Gasteiger partial charge in [-0.25, -0.2) is 0 Å². The van der Waals surface area contributed by atoms with Crippen LogP contribution >= 0.6 is 11.6 Å². The Balaban J connectivity index is 1.88. The van der Waals surface area contributed by atoms with Crippen molar-refractivity contribution in [1.29, 1.82) is 0 Å². The number of hydrogen-bond donors (Lipinski definition) is 1. The fourth-order valence-corrected chi connectivity index (χ4v) is 2.32. The molecule has 0 radical (unpaired) electrons. The lowest BCUT2D eigenvalue weighted by Gasteiger charge is -2.43. The highest BCUT2D eigenvalue weighted by molar-refractivity contribution is 6.30. The maximum atomic E-state index is 5.86. The second-order valence-electron chi connectivity index (χ2n) is 5.00. The first-order valence-corrected chi connectivity index (χ1v) is 6.22. The third-order valence-electron chi connectivity index (χ3n) is 3.22. The molecule has 17 heavy (non-hydrogen) atoms. The van der Waals surface area contributed by atoms with Crippen molar-refractivity contribution >= 4 is 11.6 Å². The number of halogens is 1. The summed E-state index contributed by atoms with van der Waals surface area (Å²) < 4.78 is 5.27. The molecule has 1 aromatic carbocycles. The van der Waals surface area contributed by atoms with Gasteiger partial charge >= 0.3 is 0 Å². The van der Waals surface area contributed by atoms with Gasteiger partial charge in [0, 0.05) is 30.1 Å². The molecule has 0 aliphatic carbocycles. The molecule has 1 aliphatic rings. The molecule has 2 rings (SSSR count). The van der Waals surface area contributed by atoms with Crippen molar-refractivity contribution in [3.05, 3.63) is 34.9 Å². The van der Waals surface area contributed by atoms with Gasteiger partial charge in [-0.2, -0.15) is 0 Å². The van der Waals surface area contributed by atoms with Gasteiger partial charge in [0.15, 0.2) is 0 Å². The summed E-state index contributed by atoms with van der Waals surface area (Å²) in [6, 6.07) is 7.97. The van der Waals surface area contributed by atoms with E-state index in [4.69, 9.17) is 22.1 Å². The van der Waals surface area contributed by atoms with E-state index in [-0.39, 0.29) is 5.41 Å². The Morgan fingerprint density at radius 2 is 2.00 bits per heavy atom. The Morgan fingerprint density at radius 3 is 2.47 bits per heavy atom. The molecule has 1 saturated heterocycles. The van der Waals surface area contributed by atoms with Crippen LogP contribution in [0.1, 0.15) is 5.56 Å². The van der Waals surface area contributed by atoms with Gasteiger partial charge in [0.2, 0.25) is 0 Å². The zero-order valence-corrected chi connectivity index (χ0v) is 10.9. The van der Waals surface area contributed by atoms with Crippen LogP contribution in [0.4, 0.5) is 0 Å². The van der Waals surface area contributed by atoms with E-state index in [9.17, 15) is 0 Å². The average Bonchev–Trinajstić information content (AvgIpc) is 2.27. The van der Waals surface area contributed by atoms with Crippen LogP contribution in [0.5, 0.6) is 0 Å². The molecule has 1 aromatic rings. The Morgan fingerprint density at radius 1 is 1.35 bits per heavy atom. The second kappa shape index (κ2) is 5.36. The molecule has 0 amide bonds. The lowest BCUT2D eigenvalue weighted by atomic mass is 9.85. The highest BCUT2D eigenvalue weighted by Crippen LogP contribution is 2.27. The van der Waals surface area contributed by atoms with E-state index in [0.717, 1.165) is 31.3 Å². The van der Waals surface area contributed by atoms with Crippen molar-refractivity contribution in [3.63, 3.8) is 0 Å². The largest absolute Gasteiger partial charge is 0.380 e. The highest BCUT2D eigenvalue weighted by atomic mass is 35.5. The Kier molecular flexibility index (Phi) is 4.05. The van der Waals surface area contributed by atoms with E-state index < -0.39 is 0 Å². The zero-order chi connectivity index (χ0) is 12.3. The Hall–Kier alpha value is -0.610. The molecule has 4 heteroatoms. The summed E-state index contributed by atoms with van der Waals surface area (Å²) in [5, 5.41) is 0.780. The molecule has 1 aliphatic heterocycles. The minimum absolute atomic E-state index is 0.168. The summed E-state index contributed by atoms with van der Waals surface area (Å²) in [4.78, 5) is 2.29. The number of rotatable bonds is 5. The molecule has 2 N–H and O–H groups in total. The van der Waals surface area contributed by atoms with Gasteiger partial charge < -0.3 is 15.4 Å². The third kappa shape index (κ3) is 3.19. The van der Waals surface area contributed by atoms with E-state index in [0.29, 0.717) is 6.54 Å². The minimum atomic E-state index is 0.168. The standard InChI is InChI=1S/C13H19ClN2O/c1-16(8-13(7-15)9-17-10-13)6-11-2-4-12(14)5-3-11/h2-5H,6-10,15H2,1H3. The van der Waals surface area contributed by atoms with Crippen LogP contribution in [0.15, 0.2) is 24.3 Å². The van der Waals surface area contributed by atoms with E-state index in [1.165, 1.54) is 5.56 Å². The number of benzene rings is 1. The molecule has 94 valence electrons. The van der Waals surface area contributed by atoms with Gasteiger partial charge in [-0.05, 0) is 24.7 Å². The minimum Gasteiger partial charge on any atom is -0.380 e. The molecule has 0 atom stereocenters. The molecule has 0 bridgehead atoms. The predicted molar refractivity (Wildman–Crippen MR) is 70.1 cm³/mol. The van der Waals surface area contributed by atoms with Crippen molar-refractivity contribution in [2.75, 3.05) is 33.4 Å². The van der Waals surface area contributed by atoms with Crippen LogP contribution in [0.2, 0.25) is 5.02 Å². The average molecular weight is 255 g/mol. The zero-order valence-electron chi connectivity index (χ0n) is 10.2. The fourth-order valence-electron chi connectivity index (χ4n) is 2.19. The van der Waals surface area contributed by atoms with Crippen molar-refractivity contribution in [3.8, 4) is 0 Å². The first kappa shape index (κ1) is 12.8. The van der Waals surface area contributed by atoms with Crippen LogP contribution < -0.4 is 5.73 Å². The van der Waals surface area contributed by atoms with Gasteiger partial charge in [-0.1, -0.05) is 23.7 Å². The van der Waals surface area contributed by atoms with Gasteiger partial charge in [-0.15, -0.1) is 0 Å². The molecule has 3 nitrogen and oxygen atoms in total. The van der Waals surface area contributed by atoms with E-state index in [1.807, 2.05) is 12.1 Å². The monoisotopic (exact) mass is 254 g/mol. The summed E-state index contributed by atoms with van der Waals surface area (Å²) in [7, 11) is 2.12. The van der Waals surface area contributed by atoms with Crippen LogP contribution in [0.25, 0.3) is 0 Å². The molecule has 0 aromatic heterocycles. The molecule has 1 fully saturated rings. The van der Waals surface area contributed by atoms with Crippen molar-refractivity contribution in [2.45, 2.75) is 6.54 Å². The number of nitrogens with zero attached hydrogens (tertiary/aromatic N) is 1. The van der Waals surface area contributed by atoms with Crippen LogP contribution in [-0.4, -0.2) is 38.3 Å². The van der Waals surface area contributed by atoms with E-state index >= 15 is 0 Å². The smallest absolute Gasteiger partial charge is 0.0569 e. The predicted octanol–water partition coefficient (Wildman–Crippen LogP) is 1.75. The molecular formula is C13H19ClN2O. The maximum absolute atomic E-state index is 5.86. The Labute approximate surface area is 107 Å². The first-order chi connectivity index (χ1) is 8.13. The summed E-state index contributed by atoms with van der Waals surface area (Å²) in [5.74, 6) is 0. The van der Waals surface area contributed by atoms with E-state index in [1.54, 1.807) is 0 Å². The lowest BCUT2D eigenvalue weighted by Crippen LogP contribution is -2.54. The number of nitrogens with two attached hydrogens (primary N) is 1. The molecular weight excluding hydrogens is 236 g/mol. The quantitative estimate of drug-likeness (QED) is 0.870. The highest BCUT2D eigenvalue weighted by Gasteiger charge is 2.38. The fraction of sp³-hybridized carbons (Fsp3) is 0.538. The second-order valence-corrected chi connectivity index (χ2v) is 5.43. The van der Waals surface area contributed by atoms with Gasteiger partial charge in [-0.3, -0.25) is 0 Å². The van der Waals surface area contributed by atoms with Crippen molar-refractivity contribution in [1.82, 2.24) is 4.90 Å². The Bertz CT molecular complexity index is 357. The van der Waals surface area contributed by atoms with Crippen LogP contribution in [0.3, 0.4) is 0 Å². The molecule has 0 saturated carbocycles. The number of hydrogen-bond acceptors (Lipinski definition) is 3. The van der Waals surface area contributed by atoms with Gasteiger partial charge in [0.1, 0.15) is 0 Å².